The van der Waals surface area contributed by atoms with Crippen LogP contribution in [-0.4, -0.2) is 0 Å². The zero-order valence-electron chi connectivity index (χ0n) is 25.1. The molecule has 0 atom stereocenters. The van der Waals surface area contributed by atoms with E-state index in [1.54, 1.807) is 0 Å². The number of benzene rings is 8. The van der Waals surface area contributed by atoms with E-state index < -0.39 is 0 Å². The quantitative estimate of drug-likeness (QED) is 0.189. The van der Waals surface area contributed by atoms with Crippen molar-refractivity contribution >= 4 is 70.1 Å². The Balaban J connectivity index is 1.07. The molecule has 0 unspecified atom stereocenters. The van der Waals surface area contributed by atoms with E-state index in [0.717, 1.165) is 17.1 Å². The lowest BCUT2D eigenvalue weighted by Gasteiger charge is -2.26. The lowest BCUT2D eigenvalue weighted by molar-refractivity contribution is 1.28. The Morgan fingerprint density at radius 2 is 0.783 bits per heavy atom. The Morgan fingerprint density at radius 1 is 0.304 bits per heavy atom. The number of para-hydroxylation sites is 1. The van der Waals surface area contributed by atoms with E-state index in [9.17, 15) is 0 Å². The van der Waals surface area contributed by atoms with Gasteiger partial charge in [0.05, 0.1) is 0 Å². The van der Waals surface area contributed by atoms with Crippen LogP contribution in [-0.2, 0) is 0 Å². The number of rotatable bonds is 5. The van der Waals surface area contributed by atoms with E-state index in [1.807, 2.05) is 11.3 Å². The summed E-state index contributed by atoms with van der Waals surface area (Å²) in [7, 11) is 0. The molecule has 1 nitrogen and oxygen atoms in total. The molecule has 0 aliphatic carbocycles. The molecule has 0 N–H and O–H groups in total. The van der Waals surface area contributed by atoms with Gasteiger partial charge in [-0.15, -0.1) is 11.3 Å². The predicted molar refractivity (Wildman–Crippen MR) is 200 cm³/mol. The first-order valence-corrected chi connectivity index (χ1v) is 16.5. The summed E-state index contributed by atoms with van der Waals surface area (Å²) < 4.78 is 2.67. The molecule has 0 amide bonds. The third-order valence-corrected chi connectivity index (χ3v) is 10.2. The minimum absolute atomic E-state index is 1.13. The van der Waals surface area contributed by atoms with Crippen molar-refractivity contribution < 1.29 is 0 Å². The number of fused-ring (bicyclic) bond motifs is 5. The summed E-state index contributed by atoms with van der Waals surface area (Å²) in [6, 6.07) is 63.9. The van der Waals surface area contributed by atoms with Crippen LogP contribution in [0.25, 0.3) is 64.0 Å². The first-order chi connectivity index (χ1) is 22.8. The summed E-state index contributed by atoms with van der Waals surface area (Å²) in [6.07, 6.45) is 0. The van der Waals surface area contributed by atoms with Gasteiger partial charge in [-0.1, -0.05) is 109 Å². The highest BCUT2D eigenvalue weighted by Gasteiger charge is 2.14. The molecule has 0 spiro atoms. The number of nitrogens with zero attached hydrogens (tertiary/aromatic N) is 1. The molecular formula is C44H29NS. The third kappa shape index (κ3) is 4.72. The van der Waals surface area contributed by atoms with Crippen LogP contribution in [0, 0.1) is 0 Å². The maximum Gasteiger partial charge on any atom is 0.0462 e. The normalized spacial score (nSPS) is 11.5. The van der Waals surface area contributed by atoms with Gasteiger partial charge in [-0.05, 0) is 111 Å². The zero-order valence-corrected chi connectivity index (χ0v) is 25.9. The summed E-state index contributed by atoms with van der Waals surface area (Å²) >= 11 is 1.88. The third-order valence-electron chi connectivity index (χ3n) is 9.02. The average Bonchev–Trinajstić information content (AvgIpc) is 3.48. The first-order valence-electron chi connectivity index (χ1n) is 15.7. The molecular weight excluding hydrogens is 575 g/mol. The average molecular weight is 604 g/mol. The van der Waals surface area contributed by atoms with E-state index in [2.05, 4.69) is 181 Å². The second-order valence-electron chi connectivity index (χ2n) is 11.8. The number of anilines is 3. The smallest absolute Gasteiger partial charge is 0.0462 e. The Hall–Kier alpha value is -5.70. The van der Waals surface area contributed by atoms with Crippen molar-refractivity contribution in [2.45, 2.75) is 0 Å². The van der Waals surface area contributed by atoms with Gasteiger partial charge in [-0.25, -0.2) is 0 Å². The standard InChI is InChI=1S/C44H29NS/c1-2-12-38(13-3-1)45(39-21-16-31(17-22-39)36-15-14-30-8-4-5-9-33(30)26-36)40-23-18-32(19-24-40)37-20-25-43-41(28-37)42-27-34-10-6-7-11-35(34)29-44(42)46-43/h1-29H. The lowest BCUT2D eigenvalue weighted by atomic mass is 10.0. The summed E-state index contributed by atoms with van der Waals surface area (Å²) in [4.78, 5) is 2.33. The van der Waals surface area contributed by atoms with Gasteiger partial charge in [0.25, 0.3) is 0 Å². The number of hydrogen-bond donors (Lipinski definition) is 0. The van der Waals surface area contributed by atoms with Gasteiger partial charge in [0.2, 0.25) is 0 Å². The highest BCUT2D eigenvalue weighted by molar-refractivity contribution is 7.25. The van der Waals surface area contributed by atoms with Crippen LogP contribution in [0.2, 0.25) is 0 Å². The lowest BCUT2D eigenvalue weighted by Crippen LogP contribution is -2.09. The Labute approximate surface area is 272 Å². The van der Waals surface area contributed by atoms with Crippen molar-refractivity contribution in [1.29, 1.82) is 0 Å². The molecule has 0 radical (unpaired) electrons. The molecule has 0 fully saturated rings. The van der Waals surface area contributed by atoms with E-state index in [1.165, 1.54) is 64.0 Å². The van der Waals surface area contributed by atoms with Gasteiger partial charge >= 0.3 is 0 Å². The zero-order chi connectivity index (χ0) is 30.5. The van der Waals surface area contributed by atoms with Crippen molar-refractivity contribution in [3.05, 3.63) is 176 Å². The Morgan fingerprint density at radius 3 is 1.46 bits per heavy atom. The summed E-state index contributed by atoms with van der Waals surface area (Å²) in [5.41, 5.74) is 8.27. The molecule has 2 heteroatoms. The van der Waals surface area contributed by atoms with Gasteiger partial charge in [0.1, 0.15) is 0 Å². The Kier molecular flexibility index (Phi) is 6.40. The minimum atomic E-state index is 1.13. The summed E-state index contributed by atoms with van der Waals surface area (Å²) in [6.45, 7) is 0. The van der Waals surface area contributed by atoms with Gasteiger partial charge in [-0.2, -0.15) is 0 Å². The maximum atomic E-state index is 2.36. The molecule has 0 aliphatic rings. The van der Waals surface area contributed by atoms with Crippen LogP contribution in [0.5, 0.6) is 0 Å². The highest BCUT2D eigenvalue weighted by Crippen LogP contribution is 2.40. The predicted octanol–water partition coefficient (Wildman–Crippen LogP) is 13.2. The number of thiophene rings is 1. The summed E-state index contributed by atoms with van der Waals surface area (Å²) in [5, 5.41) is 7.76. The van der Waals surface area contributed by atoms with E-state index in [-0.39, 0.29) is 0 Å². The van der Waals surface area contributed by atoms with Crippen molar-refractivity contribution in [3.63, 3.8) is 0 Å². The molecule has 0 saturated carbocycles. The van der Waals surface area contributed by atoms with E-state index in [0.29, 0.717) is 0 Å². The largest absolute Gasteiger partial charge is 0.311 e. The number of hydrogen-bond acceptors (Lipinski definition) is 2. The van der Waals surface area contributed by atoms with E-state index >= 15 is 0 Å². The van der Waals surface area contributed by atoms with Crippen LogP contribution in [0.15, 0.2) is 176 Å². The van der Waals surface area contributed by atoms with Crippen molar-refractivity contribution in [1.82, 2.24) is 0 Å². The molecule has 0 bridgehead atoms. The van der Waals surface area contributed by atoms with Crippen LogP contribution in [0.3, 0.4) is 0 Å². The van der Waals surface area contributed by atoms with Crippen LogP contribution < -0.4 is 4.90 Å². The van der Waals surface area contributed by atoms with E-state index in [4.69, 9.17) is 0 Å². The molecule has 8 aromatic carbocycles. The van der Waals surface area contributed by atoms with Crippen LogP contribution in [0.1, 0.15) is 0 Å². The van der Waals surface area contributed by atoms with Crippen molar-refractivity contribution in [2.75, 3.05) is 4.90 Å². The summed E-state index contributed by atoms with van der Waals surface area (Å²) in [5.74, 6) is 0. The van der Waals surface area contributed by atoms with Crippen LogP contribution >= 0.6 is 11.3 Å². The van der Waals surface area contributed by atoms with Crippen LogP contribution in [0.4, 0.5) is 17.1 Å². The SMILES string of the molecule is c1ccc(N(c2ccc(-c3ccc4ccccc4c3)cc2)c2ccc(-c3ccc4sc5cc6ccccc6cc5c4c3)cc2)cc1. The fourth-order valence-corrected chi connectivity index (χ4v) is 7.76. The maximum absolute atomic E-state index is 2.36. The van der Waals surface area contributed by atoms with Gasteiger partial charge in [0, 0.05) is 37.2 Å². The van der Waals surface area contributed by atoms with Gasteiger partial charge in [-0.3, -0.25) is 0 Å². The molecule has 46 heavy (non-hydrogen) atoms. The Bertz CT molecular complexity index is 2510. The fraction of sp³-hybridized carbons (Fsp3) is 0. The first kappa shape index (κ1) is 26.7. The molecule has 0 aliphatic heterocycles. The molecule has 9 aromatic rings. The minimum Gasteiger partial charge on any atom is -0.311 e. The molecule has 0 saturated heterocycles. The molecule has 1 heterocycles. The van der Waals surface area contributed by atoms with Crippen molar-refractivity contribution in [2.24, 2.45) is 0 Å². The monoisotopic (exact) mass is 603 g/mol. The topological polar surface area (TPSA) is 3.24 Å². The molecule has 1 aromatic heterocycles. The second kappa shape index (κ2) is 11.0. The fourth-order valence-electron chi connectivity index (χ4n) is 6.64. The molecule has 9 rings (SSSR count). The second-order valence-corrected chi connectivity index (χ2v) is 12.9. The van der Waals surface area contributed by atoms with Crippen molar-refractivity contribution in [3.8, 4) is 22.3 Å². The highest BCUT2D eigenvalue weighted by atomic mass is 32.1. The van der Waals surface area contributed by atoms with Gasteiger partial charge < -0.3 is 4.90 Å². The molecule has 216 valence electrons. The van der Waals surface area contributed by atoms with Gasteiger partial charge in [0.15, 0.2) is 0 Å².